The van der Waals surface area contributed by atoms with Crippen molar-refractivity contribution in [2.75, 3.05) is 40.4 Å². The van der Waals surface area contributed by atoms with E-state index in [9.17, 15) is 9.90 Å². The molecule has 0 aromatic rings. The standard InChI is InChI=1S/C15H26N2O3/c1-16(12-15(19)7-9-20-10-8-15)11-14(18)17(2)13-5-3-4-6-13/h5,19H,3-4,6-12H2,1-2H3. The molecule has 0 unspecified atom stereocenters. The molecule has 1 heterocycles. The summed E-state index contributed by atoms with van der Waals surface area (Å²) >= 11 is 0. The van der Waals surface area contributed by atoms with Crippen LogP contribution in [0.1, 0.15) is 32.1 Å². The number of nitrogens with zero attached hydrogens (tertiary/aromatic N) is 2. The van der Waals surface area contributed by atoms with Gasteiger partial charge >= 0.3 is 0 Å². The predicted molar refractivity (Wildman–Crippen MR) is 77.2 cm³/mol. The zero-order chi connectivity index (χ0) is 14.6. The lowest BCUT2D eigenvalue weighted by atomic mass is 9.94. The largest absolute Gasteiger partial charge is 0.388 e. The number of rotatable bonds is 5. The van der Waals surface area contributed by atoms with E-state index in [0.29, 0.717) is 39.1 Å². The van der Waals surface area contributed by atoms with Crippen molar-refractivity contribution in [1.82, 2.24) is 9.80 Å². The van der Waals surface area contributed by atoms with Gasteiger partial charge in [0.25, 0.3) is 0 Å². The first-order valence-corrected chi connectivity index (χ1v) is 7.44. The molecular formula is C15H26N2O3. The third-order valence-corrected chi connectivity index (χ3v) is 4.21. The Morgan fingerprint density at radius 3 is 2.70 bits per heavy atom. The quantitative estimate of drug-likeness (QED) is 0.817. The second-order valence-electron chi connectivity index (χ2n) is 6.05. The van der Waals surface area contributed by atoms with Crippen LogP contribution in [0.4, 0.5) is 0 Å². The maximum atomic E-state index is 12.2. The van der Waals surface area contributed by atoms with Gasteiger partial charge in [0.15, 0.2) is 0 Å². The van der Waals surface area contributed by atoms with Crippen LogP contribution in [0.15, 0.2) is 11.8 Å². The van der Waals surface area contributed by atoms with Gasteiger partial charge in [-0.25, -0.2) is 0 Å². The van der Waals surface area contributed by atoms with Gasteiger partial charge in [-0.05, 0) is 26.3 Å². The molecule has 1 aliphatic carbocycles. The van der Waals surface area contributed by atoms with Crippen molar-refractivity contribution in [3.05, 3.63) is 11.8 Å². The lowest BCUT2D eigenvalue weighted by Gasteiger charge is -2.35. The maximum Gasteiger partial charge on any atom is 0.240 e. The monoisotopic (exact) mass is 282 g/mol. The topological polar surface area (TPSA) is 53.0 Å². The second-order valence-corrected chi connectivity index (χ2v) is 6.05. The van der Waals surface area contributed by atoms with Crippen molar-refractivity contribution in [2.24, 2.45) is 0 Å². The summed E-state index contributed by atoms with van der Waals surface area (Å²) in [5.74, 6) is 0.0938. The van der Waals surface area contributed by atoms with E-state index in [2.05, 4.69) is 6.08 Å². The van der Waals surface area contributed by atoms with Crippen molar-refractivity contribution in [3.63, 3.8) is 0 Å². The summed E-state index contributed by atoms with van der Waals surface area (Å²) in [6, 6.07) is 0. The van der Waals surface area contributed by atoms with Crippen molar-refractivity contribution < 1.29 is 14.6 Å². The molecule has 114 valence electrons. The Bertz CT molecular complexity index is 375. The first kappa shape index (κ1) is 15.5. The molecule has 5 nitrogen and oxygen atoms in total. The van der Waals surface area contributed by atoms with Gasteiger partial charge in [0.2, 0.25) is 5.91 Å². The Balaban J connectivity index is 1.81. The normalized spacial score (nSPS) is 21.9. The minimum absolute atomic E-state index is 0.0938. The fourth-order valence-electron chi connectivity index (χ4n) is 2.92. The number of aliphatic hydroxyl groups is 1. The van der Waals surface area contributed by atoms with Gasteiger partial charge in [-0.2, -0.15) is 0 Å². The zero-order valence-corrected chi connectivity index (χ0v) is 12.6. The summed E-state index contributed by atoms with van der Waals surface area (Å²) in [6.45, 7) is 2.07. The van der Waals surface area contributed by atoms with Crippen LogP contribution in [0.5, 0.6) is 0 Å². The summed E-state index contributed by atoms with van der Waals surface area (Å²) in [6.07, 6.45) is 6.64. The molecule has 1 N–H and O–H groups in total. The molecule has 1 amide bonds. The van der Waals surface area contributed by atoms with Crippen molar-refractivity contribution in [2.45, 2.75) is 37.7 Å². The van der Waals surface area contributed by atoms with Gasteiger partial charge in [0, 0.05) is 45.3 Å². The molecule has 0 aromatic heterocycles. The average molecular weight is 282 g/mol. The Kier molecular flexibility index (Phi) is 5.18. The lowest BCUT2D eigenvalue weighted by molar-refractivity contribution is -0.130. The molecule has 5 heteroatoms. The molecule has 0 bridgehead atoms. The van der Waals surface area contributed by atoms with E-state index >= 15 is 0 Å². The number of ether oxygens (including phenoxy) is 1. The number of carbonyl (C=O) groups excluding carboxylic acids is 1. The SMILES string of the molecule is CN(CC(=O)N(C)C1=CCCC1)CC1(O)CCOCC1. The lowest BCUT2D eigenvalue weighted by Crippen LogP contribution is -2.48. The summed E-state index contributed by atoms with van der Waals surface area (Å²) in [5, 5.41) is 10.4. The fourth-order valence-corrected chi connectivity index (χ4v) is 2.92. The van der Waals surface area contributed by atoms with Crippen LogP contribution in [0.3, 0.4) is 0 Å². The van der Waals surface area contributed by atoms with Gasteiger partial charge in [0.1, 0.15) is 0 Å². The number of carbonyl (C=O) groups is 1. The van der Waals surface area contributed by atoms with Crippen LogP contribution in [-0.2, 0) is 9.53 Å². The molecule has 0 aromatic carbocycles. The molecule has 0 spiro atoms. The van der Waals surface area contributed by atoms with Gasteiger partial charge in [-0.1, -0.05) is 6.08 Å². The summed E-state index contributed by atoms with van der Waals surface area (Å²) in [4.78, 5) is 15.9. The first-order chi connectivity index (χ1) is 9.50. The molecule has 1 aliphatic heterocycles. The van der Waals surface area contributed by atoms with Crippen LogP contribution in [0.25, 0.3) is 0 Å². The average Bonchev–Trinajstić information content (AvgIpc) is 2.91. The van der Waals surface area contributed by atoms with Crippen LogP contribution >= 0.6 is 0 Å². The Labute approximate surface area is 121 Å². The van der Waals surface area contributed by atoms with Gasteiger partial charge in [-0.3, -0.25) is 9.69 Å². The molecule has 2 aliphatic rings. The number of hydrogen-bond donors (Lipinski definition) is 1. The van der Waals surface area contributed by atoms with Gasteiger partial charge in [0.05, 0.1) is 12.1 Å². The summed E-state index contributed by atoms with van der Waals surface area (Å²) in [5.41, 5.74) is 0.423. The van der Waals surface area contributed by atoms with Crippen LogP contribution in [0.2, 0.25) is 0 Å². The highest BCUT2D eigenvalue weighted by molar-refractivity contribution is 5.79. The molecule has 20 heavy (non-hydrogen) atoms. The Morgan fingerprint density at radius 1 is 1.40 bits per heavy atom. The third-order valence-electron chi connectivity index (χ3n) is 4.21. The molecule has 0 radical (unpaired) electrons. The number of likely N-dealkylation sites (N-methyl/N-ethyl adjacent to an activating group) is 2. The fraction of sp³-hybridized carbons (Fsp3) is 0.800. The van der Waals surface area contributed by atoms with Crippen LogP contribution in [0, 0.1) is 0 Å². The molecule has 2 rings (SSSR count). The van der Waals surface area contributed by atoms with Crippen molar-refractivity contribution in [3.8, 4) is 0 Å². The second kappa shape index (κ2) is 6.70. The van der Waals surface area contributed by atoms with E-state index in [1.807, 2.05) is 19.0 Å². The highest BCUT2D eigenvalue weighted by Gasteiger charge is 2.31. The molecule has 1 saturated heterocycles. The molecule has 0 atom stereocenters. The minimum Gasteiger partial charge on any atom is -0.388 e. The van der Waals surface area contributed by atoms with Crippen LogP contribution in [-0.4, -0.2) is 66.8 Å². The van der Waals surface area contributed by atoms with Crippen molar-refractivity contribution >= 4 is 5.91 Å². The summed E-state index contributed by atoms with van der Waals surface area (Å²) < 4.78 is 5.27. The Hall–Kier alpha value is -0.910. The van der Waals surface area contributed by atoms with E-state index in [4.69, 9.17) is 4.74 Å². The molecular weight excluding hydrogens is 256 g/mol. The number of amides is 1. The van der Waals surface area contributed by atoms with Crippen LogP contribution < -0.4 is 0 Å². The van der Waals surface area contributed by atoms with E-state index in [1.165, 1.54) is 0 Å². The molecule has 1 fully saturated rings. The van der Waals surface area contributed by atoms with E-state index in [1.54, 1.807) is 4.90 Å². The minimum atomic E-state index is -0.710. The Morgan fingerprint density at radius 2 is 2.10 bits per heavy atom. The third kappa shape index (κ3) is 4.04. The van der Waals surface area contributed by atoms with E-state index in [-0.39, 0.29) is 5.91 Å². The van der Waals surface area contributed by atoms with E-state index in [0.717, 1.165) is 25.0 Å². The smallest absolute Gasteiger partial charge is 0.240 e. The highest BCUT2D eigenvalue weighted by Crippen LogP contribution is 2.22. The summed E-state index contributed by atoms with van der Waals surface area (Å²) in [7, 11) is 3.73. The van der Waals surface area contributed by atoms with Gasteiger partial charge in [-0.15, -0.1) is 0 Å². The first-order valence-electron chi connectivity index (χ1n) is 7.44. The zero-order valence-electron chi connectivity index (χ0n) is 12.6. The van der Waals surface area contributed by atoms with E-state index < -0.39 is 5.60 Å². The predicted octanol–water partition coefficient (Wildman–Crippen LogP) is 0.986. The highest BCUT2D eigenvalue weighted by atomic mass is 16.5. The van der Waals surface area contributed by atoms with Gasteiger partial charge < -0.3 is 14.7 Å². The number of hydrogen-bond acceptors (Lipinski definition) is 4. The van der Waals surface area contributed by atoms with Crippen molar-refractivity contribution in [1.29, 1.82) is 0 Å². The number of allylic oxidation sites excluding steroid dienone is 2. The maximum absolute atomic E-state index is 12.2. The molecule has 0 saturated carbocycles.